The summed E-state index contributed by atoms with van der Waals surface area (Å²) in [5.41, 5.74) is 19.7. The molecule has 3 nitrogen and oxygen atoms in total. The molecule has 9 aromatic rings. The van der Waals surface area contributed by atoms with Gasteiger partial charge in [0.15, 0.2) is 0 Å². The number of furan rings is 2. The SMILES string of the molecule is CC(C)(C)c1cc(C(C)(C)C)c2oc3cc4c(cc3c2c1)-c1c(N(c2ccc3c(c2)C(C)(C)c2ccccc2-3)c2ccc3oc5ccccc5c3c2)cccc1C4(C)C. The largest absolute Gasteiger partial charge is 0.456 e. The fraction of sp³-hybridized carbons (Fsp3) is 0.250. The number of rotatable bonds is 3. The minimum Gasteiger partial charge on any atom is -0.456 e. The molecule has 59 heavy (non-hydrogen) atoms. The molecule has 0 amide bonds. The third kappa shape index (κ3) is 5.06. The Labute approximate surface area is 347 Å². The van der Waals surface area contributed by atoms with E-state index < -0.39 is 0 Å². The molecule has 3 heteroatoms. The van der Waals surface area contributed by atoms with Crippen molar-refractivity contribution in [3.05, 3.63) is 161 Å². The number of benzene rings is 7. The van der Waals surface area contributed by atoms with Crippen molar-refractivity contribution in [1.29, 1.82) is 0 Å². The Hall–Kier alpha value is -6.06. The molecule has 2 heterocycles. The van der Waals surface area contributed by atoms with Crippen LogP contribution < -0.4 is 4.90 Å². The standard InChI is InChI=1S/C56H51NO2/c1-53(2,3)32-26-40-39-30-41-45(31-50(39)59-52(40)46(27-32)54(4,5)6)56(9,10)43-19-15-20-47(51(41)43)57(33-23-25-49-38(28-33)37-17-12-14-21-48(37)58-49)34-22-24-36-35-16-11-13-18-42(35)55(7,8)44(36)29-34/h11-31H,1-10H3. The van der Waals surface area contributed by atoms with Crippen LogP contribution in [0.5, 0.6) is 0 Å². The first kappa shape index (κ1) is 36.1. The van der Waals surface area contributed by atoms with Crippen LogP contribution in [-0.2, 0) is 21.7 Å². The second kappa shape index (κ2) is 11.8. The highest BCUT2D eigenvalue weighted by Crippen LogP contribution is 2.57. The molecule has 0 unspecified atom stereocenters. The van der Waals surface area contributed by atoms with Crippen molar-refractivity contribution in [3.63, 3.8) is 0 Å². The van der Waals surface area contributed by atoms with Crippen LogP contribution >= 0.6 is 0 Å². The van der Waals surface area contributed by atoms with E-state index in [2.05, 4.69) is 195 Å². The first-order valence-electron chi connectivity index (χ1n) is 21.2. The summed E-state index contributed by atoms with van der Waals surface area (Å²) in [5, 5.41) is 4.60. The van der Waals surface area contributed by atoms with E-state index in [9.17, 15) is 0 Å². The van der Waals surface area contributed by atoms with Crippen molar-refractivity contribution in [2.75, 3.05) is 4.90 Å². The van der Waals surface area contributed by atoms with E-state index in [4.69, 9.17) is 8.83 Å². The molecule has 0 spiro atoms. The lowest BCUT2D eigenvalue weighted by Crippen LogP contribution is -2.17. The Morgan fingerprint density at radius 1 is 0.441 bits per heavy atom. The van der Waals surface area contributed by atoms with Gasteiger partial charge < -0.3 is 13.7 Å². The topological polar surface area (TPSA) is 29.5 Å². The van der Waals surface area contributed by atoms with E-state index in [0.29, 0.717) is 0 Å². The lowest BCUT2D eigenvalue weighted by Gasteiger charge is -2.30. The second-order valence-corrected chi connectivity index (χ2v) is 20.2. The van der Waals surface area contributed by atoms with Crippen molar-refractivity contribution in [1.82, 2.24) is 0 Å². The smallest absolute Gasteiger partial charge is 0.139 e. The number of hydrogen-bond acceptors (Lipinski definition) is 3. The predicted octanol–water partition coefficient (Wildman–Crippen LogP) is 16.2. The Bertz CT molecular complexity index is 3240. The molecule has 292 valence electrons. The third-order valence-corrected chi connectivity index (χ3v) is 13.7. The molecule has 0 fully saturated rings. The number of anilines is 3. The molecule has 2 aromatic heterocycles. The number of hydrogen-bond donors (Lipinski definition) is 0. The van der Waals surface area contributed by atoms with E-state index in [0.717, 1.165) is 50.2 Å². The Morgan fingerprint density at radius 3 is 1.88 bits per heavy atom. The maximum Gasteiger partial charge on any atom is 0.139 e. The molecule has 0 radical (unpaired) electrons. The first-order chi connectivity index (χ1) is 28.0. The summed E-state index contributed by atoms with van der Waals surface area (Å²) in [7, 11) is 0. The molecule has 2 aliphatic carbocycles. The molecule has 0 N–H and O–H groups in total. The molecule has 11 rings (SSSR count). The quantitative estimate of drug-likeness (QED) is 0.179. The van der Waals surface area contributed by atoms with E-state index in [-0.39, 0.29) is 21.7 Å². The fourth-order valence-electron chi connectivity index (χ4n) is 10.4. The van der Waals surface area contributed by atoms with Gasteiger partial charge in [0, 0.05) is 54.9 Å². The normalized spacial score (nSPS) is 15.2. The van der Waals surface area contributed by atoms with Crippen LogP contribution in [0.25, 0.3) is 66.1 Å². The zero-order chi connectivity index (χ0) is 41.0. The lowest BCUT2D eigenvalue weighted by molar-refractivity contribution is 0.559. The maximum atomic E-state index is 6.95. The Kier molecular flexibility index (Phi) is 7.20. The average molecular weight is 770 g/mol. The van der Waals surface area contributed by atoms with Gasteiger partial charge in [-0.15, -0.1) is 0 Å². The fourth-order valence-corrected chi connectivity index (χ4v) is 10.4. The van der Waals surface area contributed by atoms with Gasteiger partial charge in [0.1, 0.15) is 22.3 Å². The minimum absolute atomic E-state index is 0.00994. The zero-order valence-corrected chi connectivity index (χ0v) is 35.9. The van der Waals surface area contributed by atoms with Crippen molar-refractivity contribution in [2.24, 2.45) is 0 Å². The van der Waals surface area contributed by atoms with Crippen molar-refractivity contribution in [2.45, 2.75) is 90.9 Å². The lowest BCUT2D eigenvalue weighted by atomic mass is 9.79. The van der Waals surface area contributed by atoms with E-state index in [1.807, 2.05) is 6.07 Å². The van der Waals surface area contributed by atoms with Crippen LogP contribution in [0.2, 0.25) is 0 Å². The van der Waals surface area contributed by atoms with Crippen LogP contribution in [0.4, 0.5) is 17.1 Å². The van der Waals surface area contributed by atoms with Gasteiger partial charge in [0.25, 0.3) is 0 Å². The highest BCUT2D eigenvalue weighted by Gasteiger charge is 2.40. The van der Waals surface area contributed by atoms with Crippen LogP contribution in [0.1, 0.15) is 103 Å². The Morgan fingerprint density at radius 2 is 1.08 bits per heavy atom. The van der Waals surface area contributed by atoms with E-state index in [1.165, 1.54) is 66.4 Å². The summed E-state index contributed by atoms with van der Waals surface area (Å²) in [6.45, 7) is 23.3. The summed E-state index contributed by atoms with van der Waals surface area (Å²) < 4.78 is 13.3. The van der Waals surface area contributed by atoms with Gasteiger partial charge in [-0.3, -0.25) is 0 Å². The average Bonchev–Trinajstić information content (AvgIpc) is 3.89. The van der Waals surface area contributed by atoms with Crippen LogP contribution in [0.15, 0.2) is 136 Å². The molecule has 0 atom stereocenters. The molecule has 7 aromatic carbocycles. The van der Waals surface area contributed by atoms with Crippen LogP contribution in [0, 0.1) is 0 Å². The van der Waals surface area contributed by atoms with Crippen molar-refractivity contribution >= 4 is 60.9 Å². The second-order valence-electron chi connectivity index (χ2n) is 20.2. The predicted molar refractivity (Wildman–Crippen MR) is 248 cm³/mol. The van der Waals surface area contributed by atoms with Gasteiger partial charge in [-0.25, -0.2) is 0 Å². The molecule has 2 aliphatic rings. The zero-order valence-electron chi connectivity index (χ0n) is 35.9. The van der Waals surface area contributed by atoms with Crippen molar-refractivity contribution in [3.8, 4) is 22.3 Å². The third-order valence-electron chi connectivity index (χ3n) is 13.7. The molecule has 0 saturated carbocycles. The highest BCUT2D eigenvalue weighted by molar-refractivity contribution is 6.11. The van der Waals surface area contributed by atoms with E-state index >= 15 is 0 Å². The van der Waals surface area contributed by atoms with Gasteiger partial charge in [-0.05, 0) is 116 Å². The van der Waals surface area contributed by atoms with Gasteiger partial charge in [-0.2, -0.15) is 0 Å². The molecule has 0 saturated heterocycles. The number of nitrogens with zero attached hydrogens (tertiary/aromatic N) is 1. The summed E-state index contributed by atoms with van der Waals surface area (Å²) in [4.78, 5) is 2.50. The molecular weight excluding hydrogens is 719 g/mol. The first-order valence-corrected chi connectivity index (χ1v) is 21.2. The summed E-state index contributed by atoms with van der Waals surface area (Å²) in [6, 6.07) is 47.5. The Balaban J connectivity index is 1.19. The highest BCUT2D eigenvalue weighted by atomic mass is 16.3. The van der Waals surface area contributed by atoms with Gasteiger partial charge >= 0.3 is 0 Å². The van der Waals surface area contributed by atoms with E-state index in [1.54, 1.807) is 0 Å². The summed E-state index contributed by atoms with van der Waals surface area (Å²) >= 11 is 0. The molecular formula is C56H51NO2. The van der Waals surface area contributed by atoms with Gasteiger partial charge in [0.05, 0.1) is 5.69 Å². The van der Waals surface area contributed by atoms with Gasteiger partial charge in [-0.1, -0.05) is 136 Å². The van der Waals surface area contributed by atoms with Crippen LogP contribution in [0.3, 0.4) is 0 Å². The monoisotopic (exact) mass is 769 g/mol. The van der Waals surface area contributed by atoms with Crippen molar-refractivity contribution < 1.29 is 8.83 Å². The number of fused-ring (bicyclic) bond motifs is 12. The summed E-state index contributed by atoms with van der Waals surface area (Å²) in [5.74, 6) is 0. The minimum atomic E-state index is -0.255. The van der Waals surface area contributed by atoms with Crippen LogP contribution in [-0.4, -0.2) is 0 Å². The summed E-state index contributed by atoms with van der Waals surface area (Å²) in [6.07, 6.45) is 0. The maximum absolute atomic E-state index is 6.95. The number of para-hydroxylation sites is 1. The molecule has 0 aliphatic heterocycles. The molecule has 0 bridgehead atoms. The van der Waals surface area contributed by atoms with Gasteiger partial charge in [0.2, 0.25) is 0 Å².